The molecule has 1 spiro atoms. The van der Waals surface area contributed by atoms with Crippen LogP contribution in [0.15, 0.2) is 60.9 Å². The molecule has 0 atom stereocenters. The zero-order chi connectivity index (χ0) is 25.0. The molecule has 0 aliphatic carbocycles. The number of carbonyl (C=O) groups excluding carboxylic acids is 2. The molecule has 182 valence electrons. The van der Waals surface area contributed by atoms with Crippen LogP contribution in [0.2, 0.25) is 5.02 Å². The zero-order valence-corrected chi connectivity index (χ0v) is 20.4. The van der Waals surface area contributed by atoms with Gasteiger partial charge in [-0.25, -0.2) is 9.18 Å². The lowest BCUT2D eigenvalue weighted by molar-refractivity contribution is -0.0389. The number of aromatic nitrogens is 2. The van der Waals surface area contributed by atoms with E-state index in [0.717, 1.165) is 22.2 Å². The summed E-state index contributed by atoms with van der Waals surface area (Å²) in [6.45, 7) is 3.38. The molecule has 1 amide bonds. The summed E-state index contributed by atoms with van der Waals surface area (Å²) >= 11 is 6.30. The van der Waals surface area contributed by atoms with Crippen molar-refractivity contribution in [3.05, 3.63) is 99.7 Å². The lowest BCUT2D eigenvalue weighted by atomic mass is 9.83. The largest absolute Gasteiger partial charge is 0.450 e. The van der Waals surface area contributed by atoms with Gasteiger partial charge >= 0.3 is 5.97 Å². The van der Waals surface area contributed by atoms with E-state index in [0.29, 0.717) is 48.6 Å². The highest BCUT2D eigenvalue weighted by Gasteiger charge is 2.48. The molecule has 6 rings (SSSR count). The quantitative estimate of drug-likeness (QED) is 0.347. The Morgan fingerprint density at radius 3 is 2.72 bits per heavy atom. The standard InChI is InChI=1S/C28H23ClFN3O3/c1-17-12-18(6-9-31-17)15-33-16-23(21-4-2-19(29)13-25(21)33)26(34)32-10-7-28(8-11-32)24-5-3-20(30)14-22(24)27(35)36-28/h2-6,9,12-14,16H,7-8,10-11,15H2,1H3. The number of carbonyl (C=O) groups is 2. The Morgan fingerprint density at radius 1 is 1.14 bits per heavy atom. The Bertz CT molecular complexity index is 1540. The first kappa shape index (κ1) is 22.7. The minimum atomic E-state index is -0.808. The predicted octanol–water partition coefficient (Wildman–Crippen LogP) is 5.49. The number of rotatable bonds is 3. The zero-order valence-electron chi connectivity index (χ0n) is 19.6. The van der Waals surface area contributed by atoms with Crippen LogP contribution in [0.1, 0.15) is 50.4 Å². The second-order valence-electron chi connectivity index (χ2n) is 9.50. The van der Waals surface area contributed by atoms with E-state index in [2.05, 4.69) is 4.98 Å². The highest BCUT2D eigenvalue weighted by Crippen LogP contribution is 2.44. The Balaban J connectivity index is 1.28. The number of likely N-dealkylation sites (tertiary alicyclic amines) is 1. The summed E-state index contributed by atoms with van der Waals surface area (Å²) in [6, 6.07) is 13.7. The van der Waals surface area contributed by atoms with Crippen molar-refractivity contribution in [1.82, 2.24) is 14.5 Å². The maximum atomic E-state index is 13.7. The topological polar surface area (TPSA) is 64.4 Å². The SMILES string of the molecule is Cc1cc(Cn2cc(C(=O)N3CCC4(CC3)OC(=O)c3cc(F)ccc34)c3ccc(Cl)cc32)ccn1. The summed E-state index contributed by atoms with van der Waals surface area (Å²) in [5.74, 6) is -1.05. The van der Waals surface area contributed by atoms with Crippen molar-refractivity contribution in [2.45, 2.75) is 31.9 Å². The van der Waals surface area contributed by atoms with E-state index in [1.807, 2.05) is 42.0 Å². The smallest absolute Gasteiger partial charge is 0.339 e. The fraction of sp³-hybridized carbons (Fsp3) is 0.250. The Hall–Kier alpha value is -3.71. The molecule has 4 aromatic rings. The fourth-order valence-electron chi connectivity index (χ4n) is 5.45. The van der Waals surface area contributed by atoms with E-state index in [4.69, 9.17) is 16.3 Å². The van der Waals surface area contributed by atoms with Gasteiger partial charge in [0.05, 0.1) is 16.6 Å². The molecule has 2 aliphatic rings. The van der Waals surface area contributed by atoms with Crippen LogP contribution in [-0.2, 0) is 16.9 Å². The number of pyridine rings is 1. The monoisotopic (exact) mass is 503 g/mol. The van der Waals surface area contributed by atoms with Crippen LogP contribution < -0.4 is 0 Å². The number of nitrogens with zero attached hydrogens (tertiary/aromatic N) is 3. The van der Waals surface area contributed by atoms with E-state index in [1.165, 1.54) is 12.1 Å². The van der Waals surface area contributed by atoms with Crippen LogP contribution in [0, 0.1) is 12.7 Å². The molecule has 36 heavy (non-hydrogen) atoms. The number of aryl methyl sites for hydroxylation is 1. The van der Waals surface area contributed by atoms with Crippen molar-refractivity contribution in [3.63, 3.8) is 0 Å². The number of piperidine rings is 1. The Morgan fingerprint density at radius 2 is 1.94 bits per heavy atom. The summed E-state index contributed by atoms with van der Waals surface area (Å²) < 4.78 is 21.5. The van der Waals surface area contributed by atoms with Crippen LogP contribution in [-0.4, -0.2) is 39.4 Å². The molecular weight excluding hydrogens is 481 g/mol. The number of esters is 1. The Labute approximate surface area is 212 Å². The molecule has 1 saturated heterocycles. The van der Waals surface area contributed by atoms with E-state index in [9.17, 15) is 14.0 Å². The minimum absolute atomic E-state index is 0.0783. The van der Waals surface area contributed by atoms with Gasteiger partial charge < -0.3 is 14.2 Å². The number of fused-ring (bicyclic) bond motifs is 3. The summed E-state index contributed by atoms with van der Waals surface area (Å²) in [5, 5.41) is 1.44. The van der Waals surface area contributed by atoms with Crippen molar-refractivity contribution in [2.24, 2.45) is 0 Å². The van der Waals surface area contributed by atoms with Crippen molar-refractivity contribution >= 4 is 34.4 Å². The van der Waals surface area contributed by atoms with Gasteiger partial charge in [0.25, 0.3) is 5.91 Å². The second kappa shape index (κ2) is 8.45. The molecule has 2 aromatic heterocycles. The summed E-state index contributed by atoms with van der Waals surface area (Å²) in [5.41, 5.74) is 3.68. The molecule has 0 bridgehead atoms. The first-order chi connectivity index (χ1) is 17.3. The molecule has 1 fully saturated rings. The van der Waals surface area contributed by atoms with Crippen molar-refractivity contribution in [2.75, 3.05) is 13.1 Å². The van der Waals surface area contributed by atoms with E-state index in [-0.39, 0.29) is 11.5 Å². The van der Waals surface area contributed by atoms with Gasteiger partial charge in [0.15, 0.2) is 0 Å². The maximum Gasteiger partial charge on any atom is 0.339 e. The number of halogens is 2. The highest BCUT2D eigenvalue weighted by molar-refractivity contribution is 6.31. The van der Waals surface area contributed by atoms with Crippen LogP contribution in [0.4, 0.5) is 4.39 Å². The lowest BCUT2D eigenvalue weighted by Gasteiger charge is -2.38. The van der Waals surface area contributed by atoms with Gasteiger partial charge in [-0.15, -0.1) is 0 Å². The number of hydrogen-bond acceptors (Lipinski definition) is 4. The van der Waals surface area contributed by atoms with Gasteiger partial charge in [0, 0.05) is 66.5 Å². The van der Waals surface area contributed by atoms with Crippen LogP contribution in [0.3, 0.4) is 0 Å². The first-order valence-corrected chi connectivity index (χ1v) is 12.2. The molecule has 8 heteroatoms. The number of benzene rings is 2. The average molecular weight is 504 g/mol. The third kappa shape index (κ3) is 3.75. The minimum Gasteiger partial charge on any atom is -0.450 e. The van der Waals surface area contributed by atoms with Crippen LogP contribution in [0.5, 0.6) is 0 Å². The van der Waals surface area contributed by atoms with E-state index in [1.54, 1.807) is 23.2 Å². The van der Waals surface area contributed by atoms with Crippen molar-refractivity contribution < 1.29 is 18.7 Å². The highest BCUT2D eigenvalue weighted by atomic mass is 35.5. The van der Waals surface area contributed by atoms with Gasteiger partial charge in [-0.1, -0.05) is 23.7 Å². The maximum absolute atomic E-state index is 13.7. The molecule has 2 aliphatic heterocycles. The normalized spacial score (nSPS) is 16.4. The van der Waals surface area contributed by atoms with Gasteiger partial charge in [0.1, 0.15) is 11.4 Å². The van der Waals surface area contributed by atoms with Gasteiger partial charge in [-0.2, -0.15) is 0 Å². The third-order valence-corrected chi connectivity index (χ3v) is 7.46. The molecule has 4 heterocycles. The number of hydrogen-bond donors (Lipinski definition) is 0. The van der Waals surface area contributed by atoms with E-state index < -0.39 is 17.4 Å². The lowest BCUT2D eigenvalue weighted by Crippen LogP contribution is -2.45. The van der Waals surface area contributed by atoms with Gasteiger partial charge in [-0.05, 0) is 48.9 Å². The third-order valence-electron chi connectivity index (χ3n) is 7.23. The molecule has 0 unspecified atom stereocenters. The molecule has 0 radical (unpaired) electrons. The summed E-state index contributed by atoms with van der Waals surface area (Å²) in [4.78, 5) is 32.1. The molecule has 2 aromatic carbocycles. The van der Waals surface area contributed by atoms with Crippen molar-refractivity contribution in [1.29, 1.82) is 0 Å². The fourth-order valence-corrected chi connectivity index (χ4v) is 5.61. The number of ether oxygens (including phenoxy) is 1. The molecular formula is C28H23ClFN3O3. The number of amides is 1. The molecule has 0 N–H and O–H groups in total. The molecule has 0 saturated carbocycles. The second-order valence-corrected chi connectivity index (χ2v) is 9.94. The summed E-state index contributed by atoms with van der Waals surface area (Å²) in [6.07, 6.45) is 4.59. The Kier molecular flexibility index (Phi) is 5.34. The first-order valence-electron chi connectivity index (χ1n) is 11.9. The van der Waals surface area contributed by atoms with Crippen LogP contribution in [0.25, 0.3) is 10.9 Å². The van der Waals surface area contributed by atoms with E-state index >= 15 is 0 Å². The predicted molar refractivity (Wildman–Crippen MR) is 134 cm³/mol. The van der Waals surface area contributed by atoms with Crippen LogP contribution >= 0.6 is 11.6 Å². The van der Waals surface area contributed by atoms with Crippen molar-refractivity contribution in [3.8, 4) is 0 Å². The molecule has 6 nitrogen and oxygen atoms in total. The average Bonchev–Trinajstić information content (AvgIpc) is 3.33. The van der Waals surface area contributed by atoms with Gasteiger partial charge in [-0.3, -0.25) is 9.78 Å². The van der Waals surface area contributed by atoms with Gasteiger partial charge in [0.2, 0.25) is 0 Å². The summed E-state index contributed by atoms with van der Waals surface area (Å²) in [7, 11) is 0.